The van der Waals surface area contributed by atoms with Gasteiger partial charge in [-0.1, -0.05) is 25.2 Å². The molecule has 1 aromatic heterocycles. The summed E-state index contributed by atoms with van der Waals surface area (Å²) >= 11 is 4.79. The number of hydrogen-bond donors (Lipinski definition) is 1. The van der Waals surface area contributed by atoms with E-state index in [0.717, 1.165) is 15.0 Å². The number of methoxy groups -OCH3 is 2. The van der Waals surface area contributed by atoms with Crippen LogP contribution in [0.25, 0.3) is 6.08 Å². The summed E-state index contributed by atoms with van der Waals surface area (Å²) in [5.41, 5.74) is 0.801. The topological polar surface area (TPSA) is 73.3 Å². The van der Waals surface area contributed by atoms with Crippen molar-refractivity contribution in [2.45, 2.75) is 19.8 Å². The fraction of sp³-hybridized carbons (Fsp3) is 0.312. The maximum atomic E-state index is 12.0. The Kier molecular flexibility index (Phi) is 6.33. The zero-order valence-electron chi connectivity index (χ0n) is 13.8. The van der Waals surface area contributed by atoms with Gasteiger partial charge in [-0.15, -0.1) is 10.2 Å². The fourth-order valence-corrected chi connectivity index (χ4v) is 3.24. The molecule has 0 unspecified atom stereocenters. The summed E-state index contributed by atoms with van der Waals surface area (Å²) in [7, 11) is 3.13. The number of carbonyl (C=O) groups is 1. The third-order valence-electron chi connectivity index (χ3n) is 3.05. The van der Waals surface area contributed by atoms with Gasteiger partial charge in [0.25, 0.3) is 0 Å². The summed E-state index contributed by atoms with van der Waals surface area (Å²) in [5, 5.41) is 12.1. The van der Waals surface area contributed by atoms with Crippen LogP contribution in [0.5, 0.6) is 11.5 Å². The summed E-state index contributed by atoms with van der Waals surface area (Å²) in [6, 6.07) is 3.63. The first-order valence-corrected chi connectivity index (χ1v) is 8.79. The highest BCUT2D eigenvalue weighted by Crippen LogP contribution is 2.36. The standard InChI is InChI=1S/C16H18BrN3O3S/c1-9(2)15-19-20-16(24-15)18-13(21)6-5-10-7-11(17)14(23-4)12(8-10)22-3/h5-9H,1-4H3,(H,18,20,21)/b6-5+. The zero-order chi connectivity index (χ0) is 17.7. The van der Waals surface area contributed by atoms with E-state index in [-0.39, 0.29) is 11.8 Å². The Hall–Kier alpha value is -1.93. The normalized spacial score (nSPS) is 11.1. The highest BCUT2D eigenvalue weighted by molar-refractivity contribution is 9.10. The Morgan fingerprint density at radius 2 is 2.04 bits per heavy atom. The third kappa shape index (κ3) is 4.55. The molecule has 0 radical (unpaired) electrons. The van der Waals surface area contributed by atoms with E-state index in [4.69, 9.17) is 9.47 Å². The molecule has 0 bridgehead atoms. The van der Waals surface area contributed by atoms with E-state index in [1.807, 2.05) is 19.9 Å². The molecule has 2 aromatic rings. The smallest absolute Gasteiger partial charge is 0.250 e. The molecular formula is C16H18BrN3O3S. The van der Waals surface area contributed by atoms with Crippen molar-refractivity contribution in [2.24, 2.45) is 0 Å². The van der Waals surface area contributed by atoms with Crippen molar-refractivity contribution >= 4 is 44.4 Å². The van der Waals surface area contributed by atoms with Crippen LogP contribution in [0, 0.1) is 0 Å². The summed E-state index contributed by atoms with van der Waals surface area (Å²) in [4.78, 5) is 12.0. The van der Waals surface area contributed by atoms with E-state index in [0.29, 0.717) is 16.6 Å². The highest BCUT2D eigenvalue weighted by atomic mass is 79.9. The first-order valence-electron chi connectivity index (χ1n) is 7.18. The minimum Gasteiger partial charge on any atom is -0.493 e. The molecule has 0 atom stereocenters. The number of carbonyl (C=O) groups excluding carboxylic acids is 1. The number of aromatic nitrogens is 2. The summed E-state index contributed by atoms with van der Waals surface area (Å²) < 4.78 is 11.3. The molecule has 8 heteroatoms. The molecule has 0 saturated carbocycles. The van der Waals surface area contributed by atoms with Gasteiger partial charge in [0.2, 0.25) is 11.0 Å². The van der Waals surface area contributed by atoms with Crippen LogP contribution < -0.4 is 14.8 Å². The Labute approximate surface area is 153 Å². The van der Waals surface area contributed by atoms with Gasteiger partial charge >= 0.3 is 0 Å². The molecule has 1 N–H and O–H groups in total. The van der Waals surface area contributed by atoms with E-state index in [9.17, 15) is 4.79 Å². The van der Waals surface area contributed by atoms with Crippen molar-refractivity contribution in [1.29, 1.82) is 0 Å². The molecule has 1 amide bonds. The fourth-order valence-electron chi connectivity index (χ4n) is 1.87. The number of nitrogens with zero attached hydrogens (tertiary/aromatic N) is 2. The van der Waals surface area contributed by atoms with Gasteiger partial charge in [0.15, 0.2) is 11.5 Å². The van der Waals surface area contributed by atoms with Gasteiger partial charge in [-0.05, 0) is 39.7 Å². The van der Waals surface area contributed by atoms with Crippen LogP contribution >= 0.6 is 27.3 Å². The average molecular weight is 412 g/mol. The molecule has 24 heavy (non-hydrogen) atoms. The van der Waals surface area contributed by atoms with Gasteiger partial charge in [0, 0.05) is 12.0 Å². The number of rotatable bonds is 6. The predicted octanol–water partition coefficient (Wildman–Crippen LogP) is 4.09. The summed E-state index contributed by atoms with van der Waals surface area (Å²) in [6.45, 7) is 4.06. The van der Waals surface area contributed by atoms with E-state index >= 15 is 0 Å². The van der Waals surface area contributed by atoms with Crippen LogP contribution in [0.4, 0.5) is 5.13 Å². The lowest BCUT2D eigenvalue weighted by Gasteiger charge is -2.10. The van der Waals surface area contributed by atoms with Gasteiger partial charge in [0.1, 0.15) is 5.01 Å². The molecule has 1 heterocycles. The molecule has 2 rings (SSSR count). The number of amides is 1. The first kappa shape index (κ1) is 18.4. The number of benzene rings is 1. The van der Waals surface area contributed by atoms with Gasteiger partial charge in [0.05, 0.1) is 18.7 Å². The Morgan fingerprint density at radius 1 is 1.29 bits per heavy atom. The minimum absolute atomic E-state index is 0.271. The molecule has 6 nitrogen and oxygen atoms in total. The van der Waals surface area contributed by atoms with Crippen molar-refractivity contribution in [3.8, 4) is 11.5 Å². The SMILES string of the molecule is COc1cc(/C=C/C(=O)Nc2nnc(C(C)C)s2)cc(Br)c1OC. The number of nitrogens with one attached hydrogen (secondary N) is 1. The van der Waals surface area contributed by atoms with Crippen LogP contribution in [-0.2, 0) is 4.79 Å². The Bertz CT molecular complexity index is 759. The lowest BCUT2D eigenvalue weighted by molar-refractivity contribution is -0.111. The number of halogens is 1. The molecule has 0 fully saturated rings. The van der Waals surface area contributed by atoms with Crippen LogP contribution in [0.2, 0.25) is 0 Å². The Morgan fingerprint density at radius 3 is 2.62 bits per heavy atom. The number of hydrogen-bond acceptors (Lipinski definition) is 6. The van der Waals surface area contributed by atoms with Crippen LogP contribution in [0.3, 0.4) is 0 Å². The molecule has 0 aliphatic carbocycles. The molecule has 0 aliphatic heterocycles. The van der Waals surface area contributed by atoms with Gasteiger partial charge in [-0.3, -0.25) is 10.1 Å². The number of ether oxygens (including phenoxy) is 2. The monoisotopic (exact) mass is 411 g/mol. The second-order valence-electron chi connectivity index (χ2n) is 5.16. The van der Waals surface area contributed by atoms with Crippen LogP contribution in [0.1, 0.15) is 30.3 Å². The predicted molar refractivity (Wildman–Crippen MR) is 98.9 cm³/mol. The van der Waals surface area contributed by atoms with Crippen molar-refractivity contribution in [2.75, 3.05) is 19.5 Å². The molecule has 0 saturated heterocycles. The molecule has 1 aromatic carbocycles. The number of anilines is 1. The second kappa shape index (κ2) is 8.25. The van der Waals surface area contributed by atoms with E-state index in [1.54, 1.807) is 26.4 Å². The third-order valence-corrected chi connectivity index (χ3v) is 4.78. The minimum atomic E-state index is -0.271. The second-order valence-corrected chi connectivity index (χ2v) is 7.02. The van der Waals surface area contributed by atoms with Gasteiger partial charge in [-0.25, -0.2) is 0 Å². The van der Waals surface area contributed by atoms with Crippen molar-refractivity contribution < 1.29 is 14.3 Å². The van der Waals surface area contributed by atoms with Crippen LogP contribution in [0.15, 0.2) is 22.7 Å². The lowest BCUT2D eigenvalue weighted by Crippen LogP contribution is -2.07. The quantitative estimate of drug-likeness (QED) is 0.724. The van der Waals surface area contributed by atoms with E-state index in [1.165, 1.54) is 17.4 Å². The average Bonchev–Trinajstić information content (AvgIpc) is 3.01. The molecule has 128 valence electrons. The zero-order valence-corrected chi connectivity index (χ0v) is 16.2. The maximum Gasteiger partial charge on any atom is 0.250 e. The molecule has 0 spiro atoms. The molecular weight excluding hydrogens is 394 g/mol. The van der Waals surface area contributed by atoms with Gasteiger partial charge < -0.3 is 9.47 Å². The van der Waals surface area contributed by atoms with E-state index in [2.05, 4.69) is 31.4 Å². The van der Waals surface area contributed by atoms with Crippen molar-refractivity contribution in [3.05, 3.63) is 33.3 Å². The van der Waals surface area contributed by atoms with Crippen molar-refractivity contribution in [1.82, 2.24) is 10.2 Å². The highest BCUT2D eigenvalue weighted by Gasteiger charge is 2.11. The first-order chi connectivity index (χ1) is 11.4. The molecule has 0 aliphatic rings. The summed E-state index contributed by atoms with van der Waals surface area (Å²) in [5.74, 6) is 1.20. The van der Waals surface area contributed by atoms with Gasteiger partial charge in [-0.2, -0.15) is 0 Å². The lowest BCUT2D eigenvalue weighted by atomic mass is 10.2. The van der Waals surface area contributed by atoms with E-state index < -0.39 is 0 Å². The van der Waals surface area contributed by atoms with Crippen molar-refractivity contribution in [3.63, 3.8) is 0 Å². The Balaban J connectivity index is 2.09. The largest absolute Gasteiger partial charge is 0.493 e. The maximum absolute atomic E-state index is 12.0. The van der Waals surface area contributed by atoms with Crippen LogP contribution in [-0.4, -0.2) is 30.3 Å². The summed E-state index contributed by atoms with van der Waals surface area (Å²) in [6.07, 6.45) is 3.12.